The lowest BCUT2D eigenvalue weighted by Crippen LogP contribution is -2.22. The second-order valence-corrected chi connectivity index (χ2v) is 5.46. The van der Waals surface area contributed by atoms with Gasteiger partial charge in [0.15, 0.2) is 0 Å². The van der Waals surface area contributed by atoms with E-state index in [0.29, 0.717) is 13.0 Å². The van der Waals surface area contributed by atoms with Crippen LogP contribution in [0, 0.1) is 0 Å². The van der Waals surface area contributed by atoms with Gasteiger partial charge in [0.2, 0.25) is 0 Å². The maximum absolute atomic E-state index is 11.3. The Labute approximate surface area is 117 Å². The van der Waals surface area contributed by atoms with E-state index in [1.54, 1.807) is 11.3 Å². The summed E-state index contributed by atoms with van der Waals surface area (Å²) in [7, 11) is 2.03. The van der Waals surface area contributed by atoms with E-state index in [4.69, 9.17) is 4.74 Å². The summed E-state index contributed by atoms with van der Waals surface area (Å²) >= 11 is 1.77. The molecule has 0 aliphatic carbocycles. The predicted molar refractivity (Wildman–Crippen MR) is 79.4 cm³/mol. The number of thiophene rings is 1. The van der Waals surface area contributed by atoms with Crippen molar-refractivity contribution in [2.24, 2.45) is 0 Å². The molecule has 0 fully saturated rings. The van der Waals surface area contributed by atoms with Crippen LogP contribution in [0.3, 0.4) is 0 Å². The number of esters is 1. The molecular weight excluding hydrogens is 258 g/mol. The molecule has 0 unspecified atom stereocenters. The molecule has 102 valence electrons. The van der Waals surface area contributed by atoms with Gasteiger partial charge in [-0.2, -0.15) is 0 Å². The molecule has 0 N–H and O–H groups in total. The molecule has 0 bridgehead atoms. The molecule has 1 aromatic carbocycles. The van der Waals surface area contributed by atoms with E-state index in [1.807, 2.05) is 14.0 Å². The Hall–Kier alpha value is -1.39. The van der Waals surface area contributed by atoms with Crippen molar-refractivity contribution >= 4 is 27.4 Å². The Morgan fingerprint density at radius 1 is 1.37 bits per heavy atom. The summed E-state index contributed by atoms with van der Waals surface area (Å²) < 4.78 is 6.25. The summed E-state index contributed by atoms with van der Waals surface area (Å²) in [5, 5.41) is 3.52. The summed E-state index contributed by atoms with van der Waals surface area (Å²) in [6.07, 6.45) is 0.451. The van der Waals surface area contributed by atoms with Crippen LogP contribution in [0.25, 0.3) is 10.1 Å². The lowest BCUT2D eigenvalue weighted by Gasteiger charge is -2.15. The lowest BCUT2D eigenvalue weighted by atomic mass is 10.1. The number of fused-ring (bicyclic) bond motifs is 1. The zero-order valence-electron chi connectivity index (χ0n) is 11.4. The molecule has 0 atom stereocenters. The molecule has 1 aromatic heterocycles. The van der Waals surface area contributed by atoms with Gasteiger partial charge >= 0.3 is 5.97 Å². The van der Waals surface area contributed by atoms with Crippen LogP contribution in [-0.4, -0.2) is 31.1 Å². The minimum atomic E-state index is -0.121. The van der Waals surface area contributed by atoms with Gasteiger partial charge in [-0.05, 0) is 36.4 Å². The van der Waals surface area contributed by atoms with Crippen LogP contribution in [0.2, 0.25) is 0 Å². The van der Waals surface area contributed by atoms with E-state index in [1.165, 1.54) is 15.6 Å². The fourth-order valence-electron chi connectivity index (χ4n) is 2.04. The van der Waals surface area contributed by atoms with E-state index in [0.717, 1.165) is 13.1 Å². The third-order valence-electron chi connectivity index (χ3n) is 3.00. The van der Waals surface area contributed by atoms with Crippen LogP contribution in [0.15, 0.2) is 29.6 Å². The van der Waals surface area contributed by atoms with Crippen molar-refractivity contribution in [1.82, 2.24) is 4.90 Å². The van der Waals surface area contributed by atoms with Gasteiger partial charge in [-0.25, -0.2) is 0 Å². The van der Waals surface area contributed by atoms with Crippen LogP contribution in [0.1, 0.15) is 18.9 Å². The molecule has 3 nitrogen and oxygen atoms in total. The maximum Gasteiger partial charge on any atom is 0.307 e. The Balaban J connectivity index is 1.92. The molecule has 2 rings (SSSR count). The summed E-state index contributed by atoms with van der Waals surface area (Å²) in [5.41, 5.74) is 1.33. The van der Waals surface area contributed by atoms with Crippen molar-refractivity contribution in [3.8, 4) is 0 Å². The van der Waals surface area contributed by atoms with Gasteiger partial charge < -0.3 is 9.64 Å². The van der Waals surface area contributed by atoms with Gasteiger partial charge in [-0.15, -0.1) is 11.3 Å². The number of carbonyl (C=O) groups is 1. The number of rotatable bonds is 6. The van der Waals surface area contributed by atoms with Gasteiger partial charge in [0, 0.05) is 17.8 Å². The second-order valence-electron chi connectivity index (χ2n) is 4.55. The number of nitrogens with zero attached hydrogens (tertiary/aromatic N) is 1. The first kappa shape index (κ1) is 14.0. The van der Waals surface area contributed by atoms with Crippen molar-refractivity contribution in [3.63, 3.8) is 0 Å². The zero-order chi connectivity index (χ0) is 13.7. The minimum absolute atomic E-state index is 0.121. The van der Waals surface area contributed by atoms with Crippen molar-refractivity contribution in [1.29, 1.82) is 0 Å². The summed E-state index contributed by atoms with van der Waals surface area (Å²) in [6, 6.07) is 8.42. The zero-order valence-corrected chi connectivity index (χ0v) is 12.2. The molecule has 4 heteroatoms. The molecule has 0 radical (unpaired) electrons. The van der Waals surface area contributed by atoms with Crippen LogP contribution in [0.4, 0.5) is 0 Å². The standard InChI is InChI=1S/C15H19NO2S/c1-3-18-15(17)8-9-16(2)10-12-11-19-14-7-5-4-6-13(12)14/h4-7,11H,3,8-10H2,1-2H3. The average molecular weight is 277 g/mol. The molecule has 0 aliphatic rings. The van der Waals surface area contributed by atoms with Gasteiger partial charge in [-0.3, -0.25) is 4.79 Å². The van der Waals surface area contributed by atoms with E-state index in [9.17, 15) is 4.79 Å². The maximum atomic E-state index is 11.3. The van der Waals surface area contributed by atoms with Crippen molar-refractivity contribution < 1.29 is 9.53 Å². The predicted octanol–water partition coefficient (Wildman–Crippen LogP) is 3.29. The highest BCUT2D eigenvalue weighted by atomic mass is 32.1. The van der Waals surface area contributed by atoms with Crippen LogP contribution < -0.4 is 0 Å². The Kier molecular flexibility index (Phi) is 4.93. The summed E-state index contributed by atoms with van der Waals surface area (Å²) in [5.74, 6) is -0.121. The molecule has 0 amide bonds. The number of hydrogen-bond acceptors (Lipinski definition) is 4. The largest absolute Gasteiger partial charge is 0.466 e. The van der Waals surface area contributed by atoms with Crippen LogP contribution in [0.5, 0.6) is 0 Å². The molecule has 0 saturated heterocycles. The van der Waals surface area contributed by atoms with E-state index in [-0.39, 0.29) is 5.97 Å². The highest BCUT2D eigenvalue weighted by Crippen LogP contribution is 2.26. The molecule has 0 aliphatic heterocycles. The monoisotopic (exact) mass is 277 g/mol. The van der Waals surface area contributed by atoms with Crippen molar-refractivity contribution in [3.05, 3.63) is 35.2 Å². The molecule has 1 heterocycles. The lowest BCUT2D eigenvalue weighted by molar-refractivity contribution is -0.143. The number of ether oxygens (including phenoxy) is 1. The molecule has 0 spiro atoms. The van der Waals surface area contributed by atoms with Crippen LogP contribution in [-0.2, 0) is 16.1 Å². The second kappa shape index (κ2) is 6.68. The van der Waals surface area contributed by atoms with E-state index < -0.39 is 0 Å². The average Bonchev–Trinajstić information content (AvgIpc) is 2.80. The first-order valence-electron chi connectivity index (χ1n) is 6.50. The van der Waals surface area contributed by atoms with Crippen molar-refractivity contribution in [2.75, 3.05) is 20.2 Å². The fraction of sp³-hybridized carbons (Fsp3) is 0.400. The fourth-order valence-corrected chi connectivity index (χ4v) is 2.99. The third kappa shape index (κ3) is 3.78. The minimum Gasteiger partial charge on any atom is -0.466 e. The molecule has 0 saturated carbocycles. The summed E-state index contributed by atoms with van der Waals surface area (Å²) in [6.45, 7) is 3.88. The van der Waals surface area contributed by atoms with Gasteiger partial charge in [0.05, 0.1) is 13.0 Å². The third-order valence-corrected chi connectivity index (χ3v) is 4.02. The highest BCUT2D eigenvalue weighted by Gasteiger charge is 2.08. The van der Waals surface area contributed by atoms with Crippen molar-refractivity contribution in [2.45, 2.75) is 19.9 Å². The molecular formula is C15H19NO2S. The number of hydrogen-bond donors (Lipinski definition) is 0. The highest BCUT2D eigenvalue weighted by molar-refractivity contribution is 7.17. The molecule has 2 aromatic rings. The van der Waals surface area contributed by atoms with Gasteiger partial charge in [-0.1, -0.05) is 18.2 Å². The first-order valence-corrected chi connectivity index (χ1v) is 7.38. The Bertz CT molecular complexity index is 550. The number of benzene rings is 1. The normalized spacial score (nSPS) is 11.1. The van der Waals surface area contributed by atoms with E-state index in [2.05, 4.69) is 34.5 Å². The smallest absolute Gasteiger partial charge is 0.307 e. The van der Waals surface area contributed by atoms with Gasteiger partial charge in [0.25, 0.3) is 0 Å². The first-order chi connectivity index (χ1) is 9.20. The summed E-state index contributed by atoms with van der Waals surface area (Å²) in [4.78, 5) is 13.5. The van der Waals surface area contributed by atoms with Crippen LogP contribution >= 0.6 is 11.3 Å². The Morgan fingerprint density at radius 3 is 2.95 bits per heavy atom. The quantitative estimate of drug-likeness (QED) is 0.759. The topological polar surface area (TPSA) is 29.5 Å². The molecule has 19 heavy (non-hydrogen) atoms. The van der Waals surface area contributed by atoms with E-state index >= 15 is 0 Å². The van der Waals surface area contributed by atoms with Gasteiger partial charge in [0.1, 0.15) is 0 Å². The Morgan fingerprint density at radius 2 is 2.16 bits per heavy atom. The SMILES string of the molecule is CCOC(=O)CCN(C)Cc1csc2ccccc12. The number of carbonyl (C=O) groups excluding carboxylic acids is 1.